The second-order valence-electron chi connectivity index (χ2n) is 5.97. The van der Waals surface area contributed by atoms with Crippen LogP contribution in [0.15, 0.2) is 18.2 Å². The summed E-state index contributed by atoms with van der Waals surface area (Å²) in [6.45, 7) is 3.03. The average molecular weight is 300 g/mol. The van der Waals surface area contributed by atoms with Crippen LogP contribution in [0.5, 0.6) is 0 Å². The molecule has 1 saturated carbocycles. The second kappa shape index (κ2) is 6.47. The van der Waals surface area contributed by atoms with E-state index in [2.05, 4.69) is 6.92 Å². The van der Waals surface area contributed by atoms with E-state index in [0.717, 1.165) is 34.5 Å². The largest absolute Gasteiger partial charge is 0.330 e. The van der Waals surface area contributed by atoms with E-state index in [1.54, 1.807) is 0 Å². The van der Waals surface area contributed by atoms with Crippen molar-refractivity contribution in [3.63, 3.8) is 0 Å². The standard InChI is InChI=1S/C16H23Cl2N/c1-2-12-5-7-16(11-19,8-6-12)10-13-9-14(17)3-4-15(13)18/h3-4,9,12H,2,5-8,10-11,19H2,1H3. The lowest BCUT2D eigenvalue weighted by Crippen LogP contribution is -2.36. The molecule has 2 N–H and O–H groups in total. The quantitative estimate of drug-likeness (QED) is 0.824. The molecule has 0 aliphatic heterocycles. The van der Waals surface area contributed by atoms with Crippen LogP contribution in [0.25, 0.3) is 0 Å². The van der Waals surface area contributed by atoms with Gasteiger partial charge in [-0.2, -0.15) is 0 Å². The Morgan fingerprint density at radius 3 is 2.53 bits per heavy atom. The molecule has 2 rings (SSSR count). The van der Waals surface area contributed by atoms with Crippen molar-refractivity contribution in [2.75, 3.05) is 6.54 Å². The Kier molecular flexibility index (Phi) is 5.16. The van der Waals surface area contributed by atoms with Crippen molar-refractivity contribution in [3.05, 3.63) is 33.8 Å². The minimum absolute atomic E-state index is 0.222. The molecular weight excluding hydrogens is 277 g/mol. The fraction of sp³-hybridized carbons (Fsp3) is 0.625. The van der Waals surface area contributed by atoms with Crippen molar-refractivity contribution in [2.24, 2.45) is 17.1 Å². The van der Waals surface area contributed by atoms with E-state index in [9.17, 15) is 0 Å². The molecule has 3 heteroatoms. The molecule has 0 aromatic heterocycles. The van der Waals surface area contributed by atoms with Gasteiger partial charge in [-0.05, 0) is 73.7 Å². The molecule has 1 aliphatic carbocycles. The smallest absolute Gasteiger partial charge is 0.0439 e. The lowest BCUT2D eigenvalue weighted by molar-refractivity contribution is 0.153. The normalized spacial score (nSPS) is 27.5. The minimum atomic E-state index is 0.222. The first-order valence-corrected chi connectivity index (χ1v) is 7.98. The first-order chi connectivity index (χ1) is 9.08. The SMILES string of the molecule is CCC1CCC(CN)(Cc2cc(Cl)ccc2Cl)CC1. The first kappa shape index (κ1) is 15.2. The van der Waals surface area contributed by atoms with Crippen molar-refractivity contribution in [1.82, 2.24) is 0 Å². The van der Waals surface area contributed by atoms with Gasteiger partial charge in [0.25, 0.3) is 0 Å². The molecule has 106 valence electrons. The number of rotatable bonds is 4. The zero-order chi connectivity index (χ0) is 13.9. The Labute approximate surface area is 126 Å². The zero-order valence-corrected chi connectivity index (χ0v) is 13.1. The Hall–Kier alpha value is -0.240. The highest BCUT2D eigenvalue weighted by molar-refractivity contribution is 6.33. The van der Waals surface area contributed by atoms with E-state index in [1.165, 1.54) is 32.1 Å². The number of hydrogen-bond acceptors (Lipinski definition) is 1. The van der Waals surface area contributed by atoms with Gasteiger partial charge in [-0.1, -0.05) is 36.5 Å². The number of halogens is 2. The van der Waals surface area contributed by atoms with Crippen molar-refractivity contribution >= 4 is 23.2 Å². The molecule has 1 aromatic rings. The number of benzene rings is 1. The molecular formula is C16H23Cl2N. The molecule has 0 bridgehead atoms. The molecule has 0 unspecified atom stereocenters. The topological polar surface area (TPSA) is 26.0 Å². The Bertz CT molecular complexity index is 423. The van der Waals surface area contributed by atoms with Gasteiger partial charge >= 0.3 is 0 Å². The van der Waals surface area contributed by atoms with Gasteiger partial charge in [0.05, 0.1) is 0 Å². The molecule has 1 fully saturated rings. The summed E-state index contributed by atoms with van der Waals surface area (Å²) in [6.07, 6.45) is 7.27. The maximum atomic E-state index is 6.29. The third-order valence-electron chi connectivity index (χ3n) is 4.75. The molecule has 0 atom stereocenters. The van der Waals surface area contributed by atoms with Gasteiger partial charge in [0.1, 0.15) is 0 Å². The highest BCUT2D eigenvalue weighted by Crippen LogP contribution is 2.42. The molecule has 19 heavy (non-hydrogen) atoms. The summed E-state index contributed by atoms with van der Waals surface area (Å²) in [5.74, 6) is 0.884. The van der Waals surface area contributed by atoms with Crippen molar-refractivity contribution in [1.29, 1.82) is 0 Å². The molecule has 0 heterocycles. The van der Waals surface area contributed by atoms with Crippen LogP contribution in [0.3, 0.4) is 0 Å². The zero-order valence-electron chi connectivity index (χ0n) is 11.6. The minimum Gasteiger partial charge on any atom is -0.330 e. The van der Waals surface area contributed by atoms with Crippen molar-refractivity contribution in [3.8, 4) is 0 Å². The third-order valence-corrected chi connectivity index (χ3v) is 5.35. The van der Waals surface area contributed by atoms with E-state index in [-0.39, 0.29) is 5.41 Å². The van der Waals surface area contributed by atoms with Crippen LogP contribution in [-0.4, -0.2) is 6.54 Å². The third kappa shape index (κ3) is 3.65. The lowest BCUT2D eigenvalue weighted by atomic mass is 9.67. The van der Waals surface area contributed by atoms with Crippen LogP contribution in [0.2, 0.25) is 10.0 Å². The van der Waals surface area contributed by atoms with Gasteiger partial charge in [0, 0.05) is 10.0 Å². The Morgan fingerprint density at radius 1 is 1.26 bits per heavy atom. The summed E-state index contributed by atoms with van der Waals surface area (Å²) in [5.41, 5.74) is 7.45. The van der Waals surface area contributed by atoms with Crippen LogP contribution >= 0.6 is 23.2 Å². The fourth-order valence-corrected chi connectivity index (χ4v) is 3.61. The van der Waals surface area contributed by atoms with E-state index >= 15 is 0 Å². The molecule has 1 aliphatic rings. The van der Waals surface area contributed by atoms with Crippen LogP contribution in [-0.2, 0) is 6.42 Å². The van der Waals surface area contributed by atoms with E-state index in [1.807, 2.05) is 18.2 Å². The molecule has 1 aromatic carbocycles. The van der Waals surface area contributed by atoms with Gasteiger partial charge in [-0.3, -0.25) is 0 Å². The fourth-order valence-electron chi connectivity index (χ4n) is 3.23. The van der Waals surface area contributed by atoms with Crippen LogP contribution in [0.4, 0.5) is 0 Å². The van der Waals surface area contributed by atoms with Gasteiger partial charge in [-0.25, -0.2) is 0 Å². The number of nitrogens with two attached hydrogens (primary N) is 1. The summed E-state index contributed by atoms with van der Waals surface area (Å²) in [7, 11) is 0. The maximum Gasteiger partial charge on any atom is 0.0439 e. The van der Waals surface area contributed by atoms with Gasteiger partial charge in [0.2, 0.25) is 0 Å². The average Bonchev–Trinajstić information content (AvgIpc) is 2.44. The highest BCUT2D eigenvalue weighted by Gasteiger charge is 2.34. The van der Waals surface area contributed by atoms with Crippen molar-refractivity contribution in [2.45, 2.75) is 45.4 Å². The van der Waals surface area contributed by atoms with Crippen molar-refractivity contribution < 1.29 is 0 Å². The van der Waals surface area contributed by atoms with Gasteiger partial charge in [-0.15, -0.1) is 0 Å². The Balaban J connectivity index is 2.13. The maximum absolute atomic E-state index is 6.29. The lowest BCUT2D eigenvalue weighted by Gasteiger charge is -2.39. The molecule has 0 amide bonds. The monoisotopic (exact) mass is 299 g/mol. The molecule has 0 spiro atoms. The second-order valence-corrected chi connectivity index (χ2v) is 6.81. The summed E-state index contributed by atoms with van der Waals surface area (Å²) in [6, 6.07) is 5.73. The predicted molar refractivity (Wildman–Crippen MR) is 83.9 cm³/mol. The summed E-state index contributed by atoms with van der Waals surface area (Å²) < 4.78 is 0. The summed E-state index contributed by atoms with van der Waals surface area (Å²) >= 11 is 12.4. The highest BCUT2D eigenvalue weighted by atomic mass is 35.5. The van der Waals surface area contributed by atoms with Crippen LogP contribution < -0.4 is 5.73 Å². The number of hydrogen-bond donors (Lipinski definition) is 1. The van der Waals surface area contributed by atoms with Gasteiger partial charge in [0.15, 0.2) is 0 Å². The molecule has 0 saturated heterocycles. The van der Waals surface area contributed by atoms with Crippen LogP contribution in [0, 0.1) is 11.3 Å². The molecule has 1 nitrogen and oxygen atoms in total. The molecule has 0 radical (unpaired) electrons. The van der Waals surface area contributed by atoms with E-state index in [4.69, 9.17) is 28.9 Å². The van der Waals surface area contributed by atoms with E-state index < -0.39 is 0 Å². The summed E-state index contributed by atoms with van der Waals surface area (Å²) in [4.78, 5) is 0. The Morgan fingerprint density at radius 2 is 1.95 bits per heavy atom. The van der Waals surface area contributed by atoms with Crippen LogP contribution in [0.1, 0.15) is 44.6 Å². The van der Waals surface area contributed by atoms with E-state index in [0.29, 0.717) is 0 Å². The summed E-state index contributed by atoms with van der Waals surface area (Å²) in [5, 5.41) is 1.57. The predicted octanol–water partition coefficient (Wildman–Crippen LogP) is 5.08. The van der Waals surface area contributed by atoms with Gasteiger partial charge < -0.3 is 5.73 Å². The first-order valence-electron chi connectivity index (χ1n) is 7.22.